The molecule has 0 bridgehead atoms. The van der Waals surface area contributed by atoms with Crippen molar-refractivity contribution in [1.82, 2.24) is 10.2 Å². The number of benzene rings is 2. The number of halogens is 4. The molecule has 2 aromatic rings. The largest absolute Gasteiger partial charge is 0.352 e. The highest BCUT2D eigenvalue weighted by Gasteiger charge is 2.27. The van der Waals surface area contributed by atoms with Crippen LogP contribution >= 0.6 is 46.4 Å². The van der Waals surface area contributed by atoms with Crippen LogP contribution in [0, 0.1) is 0 Å². The van der Waals surface area contributed by atoms with Crippen molar-refractivity contribution in [2.75, 3.05) is 0 Å². The van der Waals surface area contributed by atoms with E-state index in [4.69, 9.17) is 46.4 Å². The van der Waals surface area contributed by atoms with Crippen LogP contribution in [0.3, 0.4) is 0 Å². The molecular weight excluding hydrogens is 454 g/mol. The van der Waals surface area contributed by atoms with Gasteiger partial charge in [0.25, 0.3) is 0 Å². The number of hydrogen-bond acceptors (Lipinski definition) is 2. The van der Waals surface area contributed by atoms with E-state index in [1.807, 2.05) is 13.8 Å². The van der Waals surface area contributed by atoms with E-state index in [-0.39, 0.29) is 30.8 Å². The third kappa shape index (κ3) is 6.78. The van der Waals surface area contributed by atoms with Crippen LogP contribution in [0.15, 0.2) is 36.4 Å². The predicted molar refractivity (Wildman–Crippen MR) is 120 cm³/mol. The molecule has 1 N–H and O–H groups in total. The number of rotatable bonds is 7. The Kier molecular flexibility index (Phi) is 8.65. The number of nitrogens with one attached hydrogen (secondary N) is 1. The lowest BCUT2D eigenvalue weighted by Crippen LogP contribution is -2.49. The SMILES string of the molecule is CC(C)NC(=O)[C@@H](C)N(Cc1ccc(Cl)cc1Cl)C(=O)Cc1ccc(Cl)cc1Cl. The van der Waals surface area contributed by atoms with Crippen molar-refractivity contribution in [3.05, 3.63) is 67.6 Å². The average molecular weight is 476 g/mol. The van der Waals surface area contributed by atoms with E-state index in [2.05, 4.69) is 5.32 Å². The first kappa shape index (κ1) is 23.8. The minimum absolute atomic E-state index is 0.0283. The van der Waals surface area contributed by atoms with Gasteiger partial charge in [0.05, 0.1) is 6.42 Å². The van der Waals surface area contributed by atoms with Gasteiger partial charge in [0.1, 0.15) is 6.04 Å². The fourth-order valence-corrected chi connectivity index (χ4v) is 3.69. The van der Waals surface area contributed by atoms with Crippen molar-refractivity contribution in [2.45, 2.75) is 45.8 Å². The van der Waals surface area contributed by atoms with Crippen LogP contribution in [-0.2, 0) is 22.6 Å². The number of carbonyl (C=O) groups is 2. The fourth-order valence-electron chi connectivity index (χ4n) is 2.75. The third-order valence-electron chi connectivity index (χ3n) is 4.31. The smallest absolute Gasteiger partial charge is 0.242 e. The van der Waals surface area contributed by atoms with Gasteiger partial charge < -0.3 is 10.2 Å². The molecule has 0 fully saturated rings. The maximum absolute atomic E-state index is 13.1. The first-order chi connectivity index (χ1) is 13.6. The second-order valence-electron chi connectivity index (χ2n) is 7.01. The zero-order valence-corrected chi connectivity index (χ0v) is 19.3. The normalized spacial score (nSPS) is 12.0. The monoisotopic (exact) mass is 474 g/mol. The lowest BCUT2D eigenvalue weighted by Gasteiger charge is -2.30. The summed E-state index contributed by atoms with van der Waals surface area (Å²) in [6.07, 6.45) is 0.0283. The van der Waals surface area contributed by atoms with E-state index in [0.717, 1.165) is 0 Å². The van der Waals surface area contributed by atoms with Crippen molar-refractivity contribution in [3.63, 3.8) is 0 Å². The summed E-state index contributed by atoms with van der Waals surface area (Å²) in [5.74, 6) is -0.507. The van der Waals surface area contributed by atoms with Gasteiger partial charge in [0.2, 0.25) is 11.8 Å². The molecule has 4 nitrogen and oxygen atoms in total. The summed E-state index contributed by atoms with van der Waals surface area (Å²) < 4.78 is 0. The quantitative estimate of drug-likeness (QED) is 0.551. The van der Waals surface area contributed by atoms with Gasteiger partial charge >= 0.3 is 0 Å². The molecule has 1 atom stereocenters. The van der Waals surface area contributed by atoms with Gasteiger partial charge in [-0.1, -0.05) is 58.5 Å². The molecule has 0 saturated heterocycles. The molecule has 156 valence electrons. The highest BCUT2D eigenvalue weighted by molar-refractivity contribution is 6.35. The Balaban J connectivity index is 2.31. The number of carbonyl (C=O) groups excluding carboxylic acids is 2. The van der Waals surface area contributed by atoms with E-state index >= 15 is 0 Å². The predicted octanol–water partition coefficient (Wildman–Crippen LogP) is 5.78. The Morgan fingerprint density at radius 1 is 0.897 bits per heavy atom. The second-order valence-corrected chi connectivity index (χ2v) is 8.70. The number of amides is 2. The molecule has 2 rings (SSSR count). The highest BCUT2D eigenvalue weighted by Crippen LogP contribution is 2.25. The first-order valence-electron chi connectivity index (χ1n) is 9.06. The molecule has 0 unspecified atom stereocenters. The Labute approximate surface area is 191 Å². The summed E-state index contributed by atoms with van der Waals surface area (Å²) in [4.78, 5) is 27.2. The molecule has 0 saturated carbocycles. The Hall–Kier alpha value is -1.46. The van der Waals surface area contributed by atoms with Crippen molar-refractivity contribution < 1.29 is 9.59 Å². The lowest BCUT2D eigenvalue weighted by molar-refractivity contribution is -0.140. The second kappa shape index (κ2) is 10.5. The summed E-state index contributed by atoms with van der Waals surface area (Å²) in [6, 6.07) is 9.25. The van der Waals surface area contributed by atoms with Crippen LogP contribution in [0.4, 0.5) is 0 Å². The summed E-state index contributed by atoms with van der Waals surface area (Å²) in [5.41, 5.74) is 1.32. The van der Waals surface area contributed by atoms with Gasteiger partial charge in [0.15, 0.2) is 0 Å². The van der Waals surface area contributed by atoms with Crippen LogP contribution in [-0.4, -0.2) is 28.8 Å². The summed E-state index contributed by atoms with van der Waals surface area (Å²) in [5, 5.41) is 4.65. The van der Waals surface area contributed by atoms with Crippen LogP contribution in [0.2, 0.25) is 20.1 Å². The fraction of sp³-hybridized carbons (Fsp3) is 0.333. The van der Waals surface area contributed by atoms with Crippen molar-refractivity contribution in [3.8, 4) is 0 Å². The zero-order valence-electron chi connectivity index (χ0n) is 16.3. The van der Waals surface area contributed by atoms with Gasteiger partial charge in [-0.25, -0.2) is 0 Å². The number of hydrogen-bond donors (Lipinski definition) is 1. The molecule has 0 radical (unpaired) electrons. The molecule has 0 aliphatic rings. The Morgan fingerprint density at radius 2 is 1.41 bits per heavy atom. The minimum Gasteiger partial charge on any atom is -0.352 e. The zero-order chi connectivity index (χ0) is 21.7. The van der Waals surface area contributed by atoms with E-state index in [9.17, 15) is 9.59 Å². The summed E-state index contributed by atoms with van der Waals surface area (Å²) in [6.45, 7) is 5.57. The highest BCUT2D eigenvalue weighted by atomic mass is 35.5. The third-order valence-corrected chi connectivity index (χ3v) is 5.48. The topological polar surface area (TPSA) is 49.4 Å². The van der Waals surface area contributed by atoms with E-state index in [1.165, 1.54) is 4.90 Å². The molecule has 0 aliphatic carbocycles. The summed E-state index contributed by atoms with van der Waals surface area (Å²) in [7, 11) is 0. The molecule has 8 heteroatoms. The van der Waals surface area contributed by atoms with Crippen LogP contribution in [0.25, 0.3) is 0 Å². The van der Waals surface area contributed by atoms with Gasteiger partial charge in [-0.2, -0.15) is 0 Å². The standard InChI is InChI=1S/C21H22Cl4N2O2/c1-12(2)26-21(29)13(3)27(11-15-5-7-17(23)10-19(15)25)20(28)8-14-4-6-16(22)9-18(14)24/h4-7,9-10,12-13H,8,11H2,1-3H3,(H,26,29)/t13-/m1/s1. The molecule has 0 aliphatic heterocycles. The first-order valence-corrected chi connectivity index (χ1v) is 10.6. The molecule has 29 heavy (non-hydrogen) atoms. The van der Waals surface area contributed by atoms with Crippen LogP contribution < -0.4 is 5.32 Å². The molecule has 2 aromatic carbocycles. The van der Waals surface area contributed by atoms with Crippen LogP contribution in [0.1, 0.15) is 31.9 Å². The number of nitrogens with zero attached hydrogens (tertiary/aromatic N) is 1. The van der Waals surface area contributed by atoms with Crippen LogP contribution in [0.5, 0.6) is 0 Å². The maximum Gasteiger partial charge on any atom is 0.242 e. The molecule has 0 aromatic heterocycles. The van der Waals surface area contributed by atoms with Gasteiger partial charge in [-0.05, 0) is 56.2 Å². The summed E-state index contributed by atoms with van der Waals surface area (Å²) >= 11 is 24.4. The minimum atomic E-state index is -0.706. The Morgan fingerprint density at radius 3 is 1.90 bits per heavy atom. The van der Waals surface area contributed by atoms with E-state index in [1.54, 1.807) is 43.3 Å². The van der Waals surface area contributed by atoms with Crippen molar-refractivity contribution >= 4 is 58.2 Å². The van der Waals surface area contributed by atoms with E-state index < -0.39 is 6.04 Å². The molecular formula is C21H22Cl4N2O2. The maximum atomic E-state index is 13.1. The molecule has 0 heterocycles. The van der Waals surface area contributed by atoms with Gasteiger partial charge in [0, 0.05) is 32.7 Å². The Bertz CT molecular complexity index is 902. The average Bonchev–Trinajstić information content (AvgIpc) is 2.62. The van der Waals surface area contributed by atoms with Crippen molar-refractivity contribution in [2.24, 2.45) is 0 Å². The van der Waals surface area contributed by atoms with Gasteiger partial charge in [-0.15, -0.1) is 0 Å². The molecule has 0 spiro atoms. The lowest BCUT2D eigenvalue weighted by atomic mass is 10.1. The molecule has 2 amide bonds. The van der Waals surface area contributed by atoms with Crippen molar-refractivity contribution in [1.29, 1.82) is 0 Å². The van der Waals surface area contributed by atoms with Gasteiger partial charge in [-0.3, -0.25) is 9.59 Å². The van der Waals surface area contributed by atoms with E-state index in [0.29, 0.717) is 31.2 Å².